The van der Waals surface area contributed by atoms with Gasteiger partial charge in [0.2, 0.25) is 0 Å². The van der Waals surface area contributed by atoms with Gasteiger partial charge in [-0.25, -0.2) is 4.98 Å². The first-order chi connectivity index (χ1) is 11.1. The van der Waals surface area contributed by atoms with Gasteiger partial charge in [-0.15, -0.1) is 0 Å². The highest BCUT2D eigenvalue weighted by Crippen LogP contribution is 2.40. The van der Waals surface area contributed by atoms with E-state index in [0.29, 0.717) is 24.2 Å². The molecule has 0 aliphatic rings. The second kappa shape index (κ2) is 6.01. The third kappa shape index (κ3) is 2.57. The Morgan fingerprint density at radius 2 is 1.57 bits per heavy atom. The number of nitrogens with zero attached hydrogens (tertiary/aromatic N) is 1. The lowest BCUT2D eigenvalue weighted by molar-refractivity contribution is 0.0252. The van der Waals surface area contributed by atoms with E-state index in [9.17, 15) is 5.11 Å². The third-order valence-corrected chi connectivity index (χ3v) is 4.60. The van der Waals surface area contributed by atoms with Crippen molar-refractivity contribution < 1.29 is 5.11 Å². The average molecular weight is 306 g/mol. The first kappa shape index (κ1) is 15.5. The summed E-state index contributed by atoms with van der Waals surface area (Å²) in [4.78, 5) is 4.70. The van der Waals surface area contributed by atoms with Gasteiger partial charge in [-0.2, -0.15) is 0 Å². The van der Waals surface area contributed by atoms with E-state index in [1.807, 2.05) is 68.4 Å². The topological polar surface area (TPSA) is 59.1 Å². The van der Waals surface area contributed by atoms with Gasteiger partial charge in [0, 0.05) is 10.9 Å². The van der Waals surface area contributed by atoms with Crippen LogP contribution in [-0.2, 0) is 5.60 Å². The zero-order valence-corrected chi connectivity index (χ0v) is 13.6. The fraction of sp³-hybridized carbons (Fsp3) is 0.250. The van der Waals surface area contributed by atoms with E-state index in [0.717, 1.165) is 22.0 Å². The number of hydrogen-bond donors (Lipinski definition) is 2. The van der Waals surface area contributed by atoms with Gasteiger partial charge in [-0.1, -0.05) is 62.4 Å². The van der Waals surface area contributed by atoms with Crippen molar-refractivity contribution >= 4 is 16.6 Å². The van der Waals surface area contributed by atoms with Crippen molar-refractivity contribution in [2.45, 2.75) is 32.3 Å². The van der Waals surface area contributed by atoms with Crippen LogP contribution in [0.5, 0.6) is 0 Å². The molecule has 0 fully saturated rings. The van der Waals surface area contributed by atoms with Crippen molar-refractivity contribution in [3.8, 4) is 11.1 Å². The summed E-state index contributed by atoms with van der Waals surface area (Å²) in [5.41, 5.74) is 9.50. The molecule has 0 spiro atoms. The second-order valence-corrected chi connectivity index (χ2v) is 5.87. The predicted molar refractivity (Wildman–Crippen MR) is 96.1 cm³/mol. The van der Waals surface area contributed by atoms with E-state index in [1.165, 1.54) is 0 Å². The molecular formula is C20H22N2O. The number of pyridine rings is 1. The Hall–Kier alpha value is -2.39. The molecule has 3 aromatic rings. The third-order valence-electron chi connectivity index (χ3n) is 4.60. The number of aliphatic hydroxyl groups is 1. The lowest BCUT2D eigenvalue weighted by atomic mass is 9.88. The molecule has 0 aliphatic carbocycles. The van der Waals surface area contributed by atoms with Crippen molar-refractivity contribution in [3.63, 3.8) is 0 Å². The first-order valence-corrected chi connectivity index (χ1v) is 8.07. The van der Waals surface area contributed by atoms with Crippen molar-refractivity contribution in [1.82, 2.24) is 4.98 Å². The standard InChI is InChI=1S/C20H22N2O/c1-3-20(23,4-2)19-18(21)17(14-10-6-5-7-11-14)15-12-8-9-13-16(15)22-19/h5-13,23H,3-4,21H2,1-2H3. The number of nitrogens with two attached hydrogens (primary N) is 1. The molecule has 0 unspecified atom stereocenters. The summed E-state index contributed by atoms with van der Waals surface area (Å²) >= 11 is 0. The molecule has 2 aromatic carbocycles. The molecule has 1 heterocycles. The van der Waals surface area contributed by atoms with E-state index < -0.39 is 5.60 Å². The summed E-state index contributed by atoms with van der Waals surface area (Å²) in [5.74, 6) is 0. The summed E-state index contributed by atoms with van der Waals surface area (Å²) in [6.07, 6.45) is 1.15. The number of para-hydroxylation sites is 1. The van der Waals surface area contributed by atoms with Crippen LogP contribution in [0.2, 0.25) is 0 Å². The van der Waals surface area contributed by atoms with E-state index >= 15 is 0 Å². The fourth-order valence-corrected chi connectivity index (χ4v) is 3.08. The van der Waals surface area contributed by atoms with Crippen LogP contribution in [0.15, 0.2) is 54.6 Å². The molecule has 3 rings (SSSR count). The van der Waals surface area contributed by atoms with Gasteiger partial charge in [0.05, 0.1) is 16.9 Å². The summed E-state index contributed by atoms with van der Waals surface area (Å²) in [7, 11) is 0. The minimum absolute atomic E-state index is 0.570. The monoisotopic (exact) mass is 306 g/mol. The van der Waals surface area contributed by atoms with Crippen LogP contribution >= 0.6 is 0 Å². The maximum absolute atomic E-state index is 11.0. The Bertz CT molecular complexity index is 824. The van der Waals surface area contributed by atoms with Gasteiger partial charge in [0.1, 0.15) is 5.60 Å². The summed E-state index contributed by atoms with van der Waals surface area (Å²) in [5, 5.41) is 12.0. The molecule has 0 saturated heterocycles. The quantitative estimate of drug-likeness (QED) is 0.746. The van der Waals surface area contributed by atoms with Gasteiger partial charge in [0.25, 0.3) is 0 Å². The van der Waals surface area contributed by atoms with Gasteiger partial charge in [-0.3, -0.25) is 0 Å². The van der Waals surface area contributed by atoms with Crippen molar-refractivity contribution in [2.75, 3.05) is 5.73 Å². The van der Waals surface area contributed by atoms with E-state index in [1.54, 1.807) is 0 Å². The molecule has 0 bridgehead atoms. The highest BCUT2D eigenvalue weighted by atomic mass is 16.3. The molecule has 3 N–H and O–H groups in total. The van der Waals surface area contributed by atoms with Gasteiger partial charge < -0.3 is 10.8 Å². The Balaban J connectivity index is 2.40. The van der Waals surface area contributed by atoms with Gasteiger partial charge in [-0.05, 0) is 24.5 Å². The molecule has 0 aliphatic heterocycles. The highest BCUT2D eigenvalue weighted by molar-refractivity contribution is 6.01. The Kier molecular flexibility index (Phi) is 4.05. The molecular weight excluding hydrogens is 284 g/mol. The molecule has 3 nitrogen and oxygen atoms in total. The van der Waals surface area contributed by atoms with Crippen LogP contribution in [0.1, 0.15) is 32.4 Å². The molecule has 0 saturated carbocycles. The maximum Gasteiger partial charge on any atom is 0.108 e. The van der Waals surface area contributed by atoms with Crippen LogP contribution < -0.4 is 5.73 Å². The number of anilines is 1. The summed E-state index contributed by atoms with van der Waals surface area (Å²) < 4.78 is 0. The number of rotatable bonds is 4. The maximum atomic E-state index is 11.0. The Labute approximate surface area is 136 Å². The summed E-state index contributed by atoms with van der Waals surface area (Å²) in [6, 6.07) is 18.0. The van der Waals surface area contributed by atoms with Crippen LogP contribution in [0.4, 0.5) is 5.69 Å². The molecule has 118 valence electrons. The van der Waals surface area contributed by atoms with Crippen LogP contribution in [-0.4, -0.2) is 10.1 Å². The minimum atomic E-state index is -1.00. The lowest BCUT2D eigenvalue weighted by Crippen LogP contribution is -2.27. The van der Waals surface area contributed by atoms with Crippen LogP contribution in [0.25, 0.3) is 22.0 Å². The first-order valence-electron chi connectivity index (χ1n) is 8.07. The number of aromatic nitrogens is 1. The zero-order valence-electron chi connectivity index (χ0n) is 13.6. The van der Waals surface area contributed by atoms with Crippen LogP contribution in [0.3, 0.4) is 0 Å². The number of benzene rings is 2. The molecule has 0 atom stereocenters. The molecule has 1 aromatic heterocycles. The smallest absolute Gasteiger partial charge is 0.108 e. The SMILES string of the molecule is CCC(O)(CC)c1nc2ccccc2c(-c2ccccc2)c1N. The normalized spacial score (nSPS) is 11.8. The molecule has 23 heavy (non-hydrogen) atoms. The number of hydrogen-bond acceptors (Lipinski definition) is 3. The molecule has 3 heteroatoms. The van der Waals surface area contributed by atoms with E-state index in [-0.39, 0.29) is 0 Å². The second-order valence-electron chi connectivity index (χ2n) is 5.87. The number of nitrogen functional groups attached to an aromatic ring is 1. The molecule has 0 amide bonds. The highest BCUT2D eigenvalue weighted by Gasteiger charge is 2.31. The van der Waals surface area contributed by atoms with Gasteiger partial charge in [0.15, 0.2) is 0 Å². The van der Waals surface area contributed by atoms with Crippen molar-refractivity contribution in [3.05, 3.63) is 60.3 Å². The predicted octanol–water partition coefficient (Wildman–Crippen LogP) is 4.49. The van der Waals surface area contributed by atoms with Crippen LogP contribution in [0, 0.1) is 0 Å². The van der Waals surface area contributed by atoms with Crippen molar-refractivity contribution in [2.24, 2.45) is 0 Å². The van der Waals surface area contributed by atoms with Gasteiger partial charge >= 0.3 is 0 Å². The Morgan fingerprint density at radius 3 is 2.22 bits per heavy atom. The number of fused-ring (bicyclic) bond motifs is 1. The fourth-order valence-electron chi connectivity index (χ4n) is 3.08. The minimum Gasteiger partial charge on any atom is -0.397 e. The molecule has 0 radical (unpaired) electrons. The largest absolute Gasteiger partial charge is 0.397 e. The summed E-state index contributed by atoms with van der Waals surface area (Å²) in [6.45, 7) is 3.92. The zero-order chi connectivity index (χ0) is 16.4. The van der Waals surface area contributed by atoms with E-state index in [4.69, 9.17) is 10.7 Å². The van der Waals surface area contributed by atoms with Crippen molar-refractivity contribution in [1.29, 1.82) is 0 Å². The average Bonchev–Trinajstić information content (AvgIpc) is 2.61. The lowest BCUT2D eigenvalue weighted by Gasteiger charge is -2.27. The van der Waals surface area contributed by atoms with E-state index in [2.05, 4.69) is 0 Å². The Morgan fingerprint density at radius 1 is 0.957 bits per heavy atom.